The number of hydrogen-bond donors (Lipinski definition) is 13. The number of ether oxygens (including phenoxy) is 7. The van der Waals surface area contributed by atoms with Gasteiger partial charge in [-0.2, -0.15) is 0 Å². The van der Waals surface area contributed by atoms with E-state index < -0.39 is 142 Å². The molecule has 4 saturated heterocycles. The van der Waals surface area contributed by atoms with Crippen molar-refractivity contribution in [1.29, 1.82) is 0 Å². The third-order valence-corrected chi connectivity index (χ3v) is 12.3. The predicted molar refractivity (Wildman–Crippen MR) is 189 cm³/mol. The molecule has 56 heavy (non-hydrogen) atoms. The lowest BCUT2D eigenvalue weighted by Crippen LogP contribution is -2.61. The summed E-state index contributed by atoms with van der Waals surface area (Å²) in [6.07, 6.45) is -21.5. The Morgan fingerprint density at radius 2 is 0.643 bits per heavy atom. The predicted octanol–water partition coefficient (Wildman–Crippen LogP) is -5.86. The second kappa shape index (κ2) is 21.6. The molecule has 0 aromatic carbocycles. The molecule has 13 N–H and O–H groups in total. The third-order valence-electron chi connectivity index (χ3n) is 12.3. The van der Waals surface area contributed by atoms with Gasteiger partial charge in [0.05, 0.1) is 90.0 Å². The average Bonchev–Trinajstić information content (AvgIpc) is 3.19. The van der Waals surface area contributed by atoms with Crippen molar-refractivity contribution in [2.45, 2.75) is 150 Å². The normalized spacial score (nSPS) is 45.2. The van der Waals surface area contributed by atoms with Crippen LogP contribution in [0.4, 0.5) is 0 Å². The highest BCUT2D eigenvalue weighted by atomic mass is 16.6. The van der Waals surface area contributed by atoms with Crippen LogP contribution in [0.1, 0.15) is 40.0 Å². The molecule has 330 valence electrons. The standard InChI is InChI=1S/C36H66O20/c1-4-36(3,5-2)6-18-26(40)16(27(41)19(7-37)53-18)10-50-12-22-28(42)17(11-51-14-24-32(46)34(48)30(44)20(8-38)54-24)29(43)23(56-22)13-52-15-25-33(47)35(49)31(45)21(9-39)55-25/h16-35,37-49H,4-15H2,1-3H3. The summed E-state index contributed by atoms with van der Waals surface area (Å²) in [5, 5.41) is 135. The fourth-order valence-electron chi connectivity index (χ4n) is 7.87. The van der Waals surface area contributed by atoms with Crippen molar-refractivity contribution in [2.24, 2.45) is 17.3 Å². The molecule has 0 spiro atoms. The molecule has 4 heterocycles. The Morgan fingerprint density at radius 3 is 1.02 bits per heavy atom. The van der Waals surface area contributed by atoms with Crippen LogP contribution in [0.2, 0.25) is 0 Å². The molecule has 0 saturated carbocycles. The first-order chi connectivity index (χ1) is 26.6. The zero-order chi connectivity index (χ0) is 41.5. The summed E-state index contributed by atoms with van der Waals surface area (Å²) in [5.74, 6) is -1.98. The lowest BCUT2D eigenvalue weighted by molar-refractivity contribution is -0.258. The number of aliphatic hydroxyl groups is 13. The van der Waals surface area contributed by atoms with Crippen LogP contribution in [0.3, 0.4) is 0 Å². The zero-order valence-corrected chi connectivity index (χ0v) is 32.2. The highest BCUT2D eigenvalue weighted by molar-refractivity contribution is 4.97. The molecule has 4 rings (SSSR count). The van der Waals surface area contributed by atoms with E-state index >= 15 is 0 Å². The minimum absolute atomic E-state index is 0.167. The summed E-state index contributed by atoms with van der Waals surface area (Å²) >= 11 is 0. The van der Waals surface area contributed by atoms with Gasteiger partial charge >= 0.3 is 0 Å². The van der Waals surface area contributed by atoms with Crippen LogP contribution < -0.4 is 0 Å². The Labute approximate surface area is 326 Å². The fourth-order valence-corrected chi connectivity index (χ4v) is 7.87. The number of aliphatic hydroxyl groups excluding tert-OH is 13. The van der Waals surface area contributed by atoms with Crippen molar-refractivity contribution < 1.29 is 99.5 Å². The Balaban J connectivity index is 1.44. The van der Waals surface area contributed by atoms with Gasteiger partial charge in [0.2, 0.25) is 0 Å². The van der Waals surface area contributed by atoms with Crippen LogP contribution in [0.5, 0.6) is 0 Å². The molecule has 20 nitrogen and oxygen atoms in total. The van der Waals surface area contributed by atoms with Crippen molar-refractivity contribution >= 4 is 0 Å². The molecule has 4 aliphatic heterocycles. The van der Waals surface area contributed by atoms with Gasteiger partial charge in [0.25, 0.3) is 0 Å². The Hall–Kier alpha value is -0.800. The maximum Gasteiger partial charge on any atom is 0.111 e. The lowest BCUT2D eigenvalue weighted by atomic mass is 9.75. The summed E-state index contributed by atoms with van der Waals surface area (Å²) in [7, 11) is 0. The molecule has 20 unspecified atom stereocenters. The van der Waals surface area contributed by atoms with E-state index in [-0.39, 0.29) is 45.1 Å². The van der Waals surface area contributed by atoms with E-state index in [2.05, 4.69) is 6.92 Å². The summed E-state index contributed by atoms with van der Waals surface area (Å²) in [6, 6.07) is 0. The van der Waals surface area contributed by atoms with E-state index in [0.717, 1.165) is 12.8 Å². The molecular formula is C36H66O20. The molecule has 0 aromatic heterocycles. The first-order valence-electron chi connectivity index (χ1n) is 19.5. The smallest absolute Gasteiger partial charge is 0.111 e. The first kappa shape index (κ1) is 47.9. The van der Waals surface area contributed by atoms with Gasteiger partial charge in [0.1, 0.15) is 79.4 Å². The van der Waals surface area contributed by atoms with E-state index in [1.165, 1.54) is 0 Å². The van der Waals surface area contributed by atoms with Crippen LogP contribution in [0, 0.1) is 17.3 Å². The van der Waals surface area contributed by atoms with Gasteiger partial charge in [0, 0.05) is 11.8 Å². The highest BCUT2D eigenvalue weighted by Crippen LogP contribution is 2.38. The van der Waals surface area contributed by atoms with Crippen molar-refractivity contribution in [3.8, 4) is 0 Å². The first-order valence-corrected chi connectivity index (χ1v) is 19.5. The van der Waals surface area contributed by atoms with E-state index in [0.29, 0.717) is 6.42 Å². The number of rotatable bonds is 19. The van der Waals surface area contributed by atoms with Crippen molar-refractivity contribution in [3.63, 3.8) is 0 Å². The molecule has 0 bridgehead atoms. The second-order valence-electron chi connectivity index (χ2n) is 16.0. The van der Waals surface area contributed by atoms with Gasteiger partial charge in [-0.1, -0.05) is 33.6 Å². The van der Waals surface area contributed by atoms with E-state index in [4.69, 9.17) is 33.2 Å². The zero-order valence-electron chi connectivity index (χ0n) is 32.2. The van der Waals surface area contributed by atoms with Crippen molar-refractivity contribution in [2.75, 3.05) is 59.5 Å². The SMILES string of the molecule is CCC(C)(CC)CC1OC(CO)C(O)C(COCC2OC(COCC3OC(CO)C(O)C(O)C3O)C(O)C(COCC3OC(CO)C(O)C(O)C3O)C2O)C1O. The van der Waals surface area contributed by atoms with Gasteiger partial charge in [-0.15, -0.1) is 0 Å². The maximum absolute atomic E-state index is 11.4. The second-order valence-corrected chi connectivity index (χ2v) is 16.0. The van der Waals surface area contributed by atoms with E-state index in [1.54, 1.807) is 0 Å². The molecule has 0 aliphatic carbocycles. The van der Waals surface area contributed by atoms with Gasteiger partial charge < -0.3 is 99.5 Å². The van der Waals surface area contributed by atoms with E-state index in [1.807, 2.05) is 13.8 Å². The fraction of sp³-hybridized carbons (Fsp3) is 1.00. The number of hydrogen-bond acceptors (Lipinski definition) is 20. The summed E-state index contributed by atoms with van der Waals surface area (Å²) in [4.78, 5) is 0. The highest BCUT2D eigenvalue weighted by Gasteiger charge is 2.49. The summed E-state index contributed by atoms with van der Waals surface area (Å²) < 4.78 is 40.3. The van der Waals surface area contributed by atoms with E-state index in [9.17, 15) is 66.4 Å². The molecule has 0 aromatic rings. The Bertz CT molecular complexity index is 1130. The summed E-state index contributed by atoms with van der Waals surface area (Å²) in [6.45, 7) is 2.37. The molecule has 0 amide bonds. The monoisotopic (exact) mass is 818 g/mol. The molecular weight excluding hydrogens is 752 g/mol. The van der Waals surface area contributed by atoms with Gasteiger partial charge in [0.15, 0.2) is 0 Å². The molecule has 4 fully saturated rings. The minimum Gasteiger partial charge on any atom is -0.394 e. The van der Waals surface area contributed by atoms with Crippen LogP contribution in [0.25, 0.3) is 0 Å². The summed E-state index contributed by atoms with van der Waals surface area (Å²) in [5.41, 5.74) is -0.167. The molecule has 20 heteroatoms. The lowest BCUT2D eigenvalue weighted by Gasteiger charge is -2.45. The maximum atomic E-state index is 11.4. The quantitative estimate of drug-likeness (QED) is 0.0577. The molecule has 20 atom stereocenters. The Morgan fingerprint density at radius 1 is 0.375 bits per heavy atom. The largest absolute Gasteiger partial charge is 0.394 e. The van der Waals surface area contributed by atoms with Gasteiger partial charge in [-0.05, 0) is 11.8 Å². The minimum atomic E-state index is -1.64. The van der Waals surface area contributed by atoms with Crippen LogP contribution in [-0.4, -0.2) is 236 Å². The Kier molecular flexibility index (Phi) is 18.5. The van der Waals surface area contributed by atoms with Crippen LogP contribution in [-0.2, 0) is 33.2 Å². The topological polar surface area (TPSA) is 328 Å². The third kappa shape index (κ3) is 11.1. The van der Waals surface area contributed by atoms with Crippen LogP contribution in [0.15, 0.2) is 0 Å². The van der Waals surface area contributed by atoms with Gasteiger partial charge in [-0.3, -0.25) is 0 Å². The van der Waals surface area contributed by atoms with Crippen molar-refractivity contribution in [1.82, 2.24) is 0 Å². The molecule has 0 radical (unpaired) electrons. The van der Waals surface area contributed by atoms with Crippen molar-refractivity contribution in [3.05, 3.63) is 0 Å². The van der Waals surface area contributed by atoms with Crippen LogP contribution >= 0.6 is 0 Å². The average molecular weight is 819 g/mol. The molecule has 4 aliphatic rings. The van der Waals surface area contributed by atoms with Gasteiger partial charge in [-0.25, -0.2) is 0 Å².